The molecule has 0 aliphatic carbocycles. The molecule has 0 amide bonds. The third kappa shape index (κ3) is 2.74. The van der Waals surface area contributed by atoms with E-state index < -0.39 is 0 Å². The van der Waals surface area contributed by atoms with E-state index in [1.165, 1.54) is 11.3 Å². The Morgan fingerprint density at radius 1 is 1.10 bits per heavy atom. The number of nitrogens with one attached hydrogen (secondary N) is 2. The second-order valence-corrected chi connectivity index (χ2v) is 5.56. The SMILES string of the molecule is O=c1[nH]c2ccccc2s/c1=N\Nc1ccc(Cl)cc1. The van der Waals surface area contributed by atoms with E-state index in [0.717, 1.165) is 15.9 Å². The van der Waals surface area contributed by atoms with Crippen molar-refractivity contribution in [1.29, 1.82) is 0 Å². The van der Waals surface area contributed by atoms with Gasteiger partial charge in [-0.1, -0.05) is 23.7 Å². The van der Waals surface area contributed by atoms with Gasteiger partial charge in [-0.15, -0.1) is 11.3 Å². The molecule has 2 N–H and O–H groups in total. The minimum absolute atomic E-state index is 0.213. The number of hydrogen-bond acceptors (Lipinski definition) is 4. The normalized spacial score (nSPS) is 11.8. The molecule has 20 heavy (non-hydrogen) atoms. The Morgan fingerprint density at radius 3 is 2.65 bits per heavy atom. The van der Waals surface area contributed by atoms with Crippen LogP contribution in [0.15, 0.2) is 58.4 Å². The van der Waals surface area contributed by atoms with Gasteiger partial charge in [0.15, 0.2) is 0 Å². The molecule has 0 radical (unpaired) electrons. The van der Waals surface area contributed by atoms with Crippen LogP contribution in [0, 0.1) is 0 Å². The van der Waals surface area contributed by atoms with Gasteiger partial charge in [0.1, 0.15) is 0 Å². The van der Waals surface area contributed by atoms with Crippen molar-refractivity contribution >= 4 is 38.8 Å². The van der Waals surface area contributed by atoms with E-state index in [1.54, 1.807) is 24.3 Å². The lowest BCUT2D eigenvalue weighted by atomic mass is 10.3. The van der Waals surface area contributed by atoms with Crippen LogP contribution in [0.4, 0.5) is 5.69 Å². The summed E-state index contributed by atoms with van der Waals surface area (Å²) >= 11 is 7.14. The van der Waals surface area contributed by atoms with E-state index in [2.05, 4.69) is 15.5 Å². The maximum atomic E-state index is 11.9. The highest BCUT2D eigenvalue weighted by atomic mass is 35.5. The Labute approximate surface area is 123 Å². The number of anilines is 1. The summed E-state index contributed by atoms with van der Waals surface area (Å²) in [6.45, 7) is 0. The van der Waals surface area contributed by atoms with Crippen molar-refractivity contribution in [3.8, 4) is 0 Å². The lowest BCUT2D eigenvalue weighted by molar-refractivity contribution is 1.18. The summed E-state index contributed by atoms with van der Waals surface area (Å²) in [7, 11) is 0. The summed E-state index contributed by atoms with van der Waals surface area (Å²) in [5, 5.41) is 4.79. The molecule has 0 aliphatic rings. The van der Waals surface area contributed by atoms with Crippen molar-refractivity contribution in [3.63, 3.8) is 0 Å². The highest BCUT2D eigenvalue weighted by molar-refractivity contribution is 7.16. The number of halogens is 1. The van der Waals surface area contributed by atoms with E-state index in [-0.39, 0.29) is 5.56 Å². The molecular weight excluding hydrogens is 294 g/mol. The van der Waals surface area contributed by atoms with Crippen LogP contribution in [0.2, 0.25) is 5.02 Å². The van der Waals surface area contributed by atoms with Crippen molar-refractivity contribution in [2.45, 2.75) is 0 Å². The fraction of sp³-hybridized carbons (Fsp3) is 0. The standard InChI is InChI=1S/C14H10ClN3OS/c15-9-5-7-10(8-6-9)17-18-14-13(19)16-11-3-1-2-4-12(11)20-14/h1-8,17H,(H,16,19)/b18-14-. The molecule has 100 valence electrons. The zero-order valence-corrected chi connectivity index (χ0v) is 11.8. The van der Waals surface area contributed by atoms with Gasteiger partial charge in [-0.2, -0.15) is 5.10 Å². The van der Waals surface area contributed by atoms with Gasteiger partial charge in [-0.25, -0.2) is 0 Å². The second kappa shape index (κ2) is 5.48. The molecule has 0 aliphatic heterocycles. The van der Waals surface area contributed by atoms with Crippen LogP contribution in [-0.4, -0.2) is 4.98 Å². The van der Waals surface area contributed by atoms with Crippen LogP contribution in [0.25, 0.3) is 10.2 Å². The molecule has 3 rings (SSSR count). The number of fused-ring (bicyclic) bond motifs is 1. The molecule has 4 nitrogen and oxygen atoms in total. The van der Waals surface area contributed by atoms with Crippen molar-refractivity contribution in [2.75, 3.05) is 5.43 Å². The number of nitrogens with zero attached hydrogens (tertiary/aromatic N) is 1. The van der Waals surface area contributed by atoms with Crippen LogP contribution in [0.1, 0.15) is 0 Å². The summed E-state index contributed by atoms with van der Waals surface area (Å²) < 4.78 is 1.35. The maximum Gasteiger partial charge on any atom is 0.286 e. The first kappa shape index (κ1) is 12.9. The number of rotatable bonds is 2. The number of para-hydroxylation sites is 1. The van der Waals surface area contributed by atoms with Crippen LogP contribution >= 0.6 is 22.9 Å². The van der Waals surface area contributed by atoms with E-state index in [1.807, 2.05) is 24.3 Å². The highest BCUT2D eigenvalue weighted by Gasteiger charge is 1.98. The van der Waals surface area contributed by atoms with Gasteiger partial charge in [0, 0.05) is 5.02 Å². The molecule has 0 spiro atoms. The van der Waals surface area contributed by atoms with Crippen molar-refractivity contribution in [3.05, 3.63) is 68.6 Å². The summed E-state index contributed by atoms with van der Waals surface area (Å²) in [6, 6.07) is 14.7. The molecule has 0 saturated heterocycles. The number of hydrogen-bond donors (Lipinski definition) is 2. The summed E-state index contributed by atoms with van der Waals surface area (Å²) in [6.07, 6.45) is 0. The van der Waals surface area contributed by atoms with Gasteiger partial charge in [0.25, 0.3) is 5.56 Å². The Morgan fingerprint density at radius 2 is 1.85 bits per heavy atom. The number of aromatic nitrogens is 1. The molecule has 2 aromatic carbocycles. The van der Waals surface area contributed by atoms with E-state index in [9.17, 15) is 4.79 Å². The number of benzene rings is 2. The Hall–Kier alpha value is -2.11. The third-order valence-electron chi connectivity index (χ3n) is 2.67. The molecule has 3 aromatic rings. The highest BCUT2D eigenvalue weighted by Crippen LogP contribution is 2.13. The monoisotopic (exact) mass is 303 g/mol. The van der Waals surface area contributed by atoms with Crippen LogP contribution < -0.4 is 15.7 Å². The molecule has 6 heteroatoms. The van der Waals surface area contributed by atoms with Crippen molar-refractivity contribution in [1.82, 2.24) is 4.98 Å². The third-order valence-corrected chi connectivity index (χ3v) is 3.96. The topological polar surface area (TPSA) is 57.2 Å². The first-order valence-electron chi connectivity index (χ1n) is 5.90. The lowest BCUT2D eigenvalue weighted by Crippen LogP contribution is -2.25. The summed E-state index contributed by atoms with van der Waals surface area (Å²) in [4.78, 5) is 14.7. The molecule has 1 heterocycles. The predicted octanol–water partition coefficient (Wildman–Crippen LogP) is 3.17. The first-order chi connectivity index (χ1) is 9.72. The summed E-state index contributed by atoms with van der Waals surface area (Å²) in [5.41, 5.74) is 4.22. The lowest BCUT2D eigenvalue weighted by Gasteiger charge is -1.99. The maximum absolute atomic E-state index is 11.9. The van der Waals surface area contributed by atoms with Crippen LogP contribution in [-0.2, 0) is 0 Å². The van der Waals surface area contributed by atoms with E-state index >= 15 is 0 Å². The number of aromatic amines is 1. The molecule has 1 aromatic heterocycles. The Kier molecular flexibility index (Phi) is 3.54. The molecule has 0 unspecified atom stereocenters. The molecule has 0 atom stereocenters. The van der Waals surface area contributed by atoms with Gasteiger partial charge < -0.3 is 4.98 Å². The second-order valence-electron chi connectivity index (χ2n) is 4.09. The fourth-order valence-corrected chi connectivity index (χ4v) is 2.64. The van der Waals surface area contributed by atoms with Crippen LogP contribution in [0.3, 0.4) is 0 Å². The molecule has 0 fully saturated rings. The van der Waals surface area contributed by atoms with Gasteiger partial charge in [-0.05, 0) is 36.4 Å². The Balaban J connectivity index is 2.00. The molecule has 0 saturated carbocycles. The van der Waals surface area contributed by atoms with Crippen LogP contribution in [0.5, 0.6) is 0 Å². The average molecular weight is 304 g/mol. The van der Waals surface area contributed by atoms with Crippen molar-refractivity contribution in [2.24, 2.45) is 5.10 Å². The molecular formula is C14H10ClN3OS. The van der Waals surface area contributed by atoms with E-state index in [4.69, 9.17) is 11.6 Å². The Bertz CT molecular complexity index is 868. The minimum atomic E-state index is -0.213. The zero-order chi connectivity index (χ0) is 13.9. The smallest absolute Gasteiger partial charge is 0.286 e. The largest absolute Gasteiger partial charge is 0.319 e. The fourth-order valence-electron chi connectivity index (χ4n) is 1.70. The predicted molar refractivity (Wildman–Crippen MR) is 83.1 cm³/mol. The average Bonchev–Trinajstić information content (AvgIpc) is 2.47. The quantitative estimate of drug-likeness (QED) is 0.714. The first-order valence-corrected chi connectivity index (χ1v) is 7.09. The van der Waals surface area contributed by atoms with Gasteiger partial charge in [0.05, 0.1) is 15.9 Å². The van der Waals surface area contributed by atoms with Gasteiger partial charge in [-0.3, -0.25) is 10.2 Å². The van der Waals surface area contributed by atoms with Crippen molar-refractivity contribution < 1.29 is 0 Å². The number of H-pyrrole nitrogens is 1. The van der Waals surface area contributed by atoms with E-state index in [0.29, 0.717) is 9.69 Å². The van der Waals surface area contributed by atoms with Gasteiger partial charge in [0.2, 0.25) is 4.67 Å². The zero-order valence-electron chi connectivity index (χ0n) is 10.3. The summed E-state index contributed by atoms with van der Waals surface area (Å²) in [5.74, 6) is 0. The minimum Gasteiger partial charge on any atom is -0.319 e. The van der Waals surface area contributed by atoms with Gasteiger partial charge >= 0.3 is 0 Å². The molecule has 0 bridgehead atoms.